The first kappa shape index (κ1) is 16.2. The van der Waals surface area contributed by atoms with E-state index in [1.165, 1.54) is 4.31 Å². The second-order valence-corrected chi connectivity index (χ2v) is 6.56. The summed E-state index contributed by atoms with van der Waals surface area (Å²) >= 11 is 5.87. The van der Waals surface area contributed by atoms with Crippen LogP contribution in [0.4, 0.5) is 5.69 Å². The van der Waals surface area contributed by atoms with Gasteiger partial charge in [0.15, 0.2) is 0 Å². The van der Waals surface area contributed by atoms with Crippen LogP contribution in [0.5, 0.6) is 0 Å². The van der Waals surface area contributed by atoms with E-state index in [9.17, 15) is 8.42 Å². The molecule has 0 radical (unpaired) electrons. The van der Waals surface area contributed by atoms with Gasteiger partial charge in [-0.05, 0) is 44.6 Å². The predicted octanol–water partition coefficient (Wildman–Crippen LogP) is 1.85. The van der Waals surface area contributed by atoms with Gasteiger partial charge in [-0.3, -0.25) is 4.72 Å². The molecule has 108 valence electrons. The molecule has 1 aromatic rings. The van der Waals surface area contributed by atoms with Crippen LogP contribution >= 0.6 is 11.6 Å². The lowest BCUT2D eigenvalue weighted by atomic mass is 10.2. The highest BCUT2D eigenvalue weighted by atomic mass is 35.5. The van der Waals surface area contributed by atoms with Gasteiger partial charge < -0.3 is 5.32 Å². The number of aryl methyl sites for hydroxylation is 1. The number of nitrogens with zero attached hydrogens (tertiary/aromatic N) is 1. The Morgan fingerprint density at radius 3 is 2.68 bits per heavy atom. The van der Waals surface area contributed by atoms with Gasteiger partial charge in [0.1, 0.15) is 0 Å². The van der Waals surface area contributed by atoms with Crippen LogP contribution in [0.15, 0.2) is 18.2 Å². The summed E-state index contributed by atoms with van der Waals surface area (Å²) in [5, 5.41) is 3.48. The zero-order chi connectivity index (χ0) is 14.5. The van der Waals surface area contributed by atoms with Crippen LogP contribution in [-0.2, 0) is 10.2 Å². The Balaban J connectivity index is 2.75. The van der Waals surface area contributed by atoms with Crippen molar-refractivity contribution >= 4 is 27.5 Å². The first-order valence-corrected chi connectivity index (χ1v) is 7.83. The number of nitrogens with one attached hydrogen (secondary N) is 2. The summed E-state index contributed by atoms with van der Waals surface area (Å²) in [6.45, 7) is 3.06. The minimum Gasteiger partial charge on any atom is -0.320 e. The molecule has 0 atom stereocenters. The highest BCUT2D eigenvalue weighted by Gasteiger charge is 2.17. The molecule has 0 bridgehead atoms. The smallest absolute Gasteiger partial charge is 0.301 e. The average molecular weight is 306 g/mol. The Bertz CT molecular complexity index is 520. The van der Waals surface area contributed by atoms with Crippen molar-refractivity contribution in [1.82, 2.24) is 9.62 Å². The summed E-state index contributed by atoms with van der Waals surface area (Å²) in [5.74, 6) is 0. The van der Waals surface area contributed by atoms with Crippen LogP contribution in [0.2, 0.25) is 5.02 Å². The number of rotatable bonds is 7. The van der Waals surface area contributed by atoms with Crippen LogP contribution in [0, 0.1) is 6.92 Å². The van der Waals surface area contributed by atoms with Crippen LogP contribution in [-0.4, -0.2) is 39.9 Å². The topological polar surface area (TPSA) is 61.4 Å². The molecular formula is C12H20ClN3O2S. The second kappa shape index (κ2) is 7.09. The SMILES string of the molecule is CNCCCN(C)S(=O)(=O)Nc1cc(Cl)ccc1C. The summed E-state index contributed by atoms with van der Waals surface area (Å²) in [6, 6.07) is 5.11. The molecule has 0 spiro atoms. The summed E-state index contributed by atoms with van der Waals surface area (Å²) in [6.07, 6.45) is 0.752. The van der Waals surface area contributed by atoms with Gasteiger partial charge in [-0.25, -0.2) is 0 Å². The molecule has 5 nitrogen and oxygen atoms in total. The maximum atomic E-state index is 12.1. The largest absolute Gasteiger partial charge is 0.320 e. The van der Waals surface area contributed by atoms with Crippen molar-refractivity contribution in [2.24, 2.45) is 0 Å². The fourth-order valence-corrected chi connectivity index (χ4v) is 2.71. The lowest BCUT2D eigenvalue weighted by Crippen LogP contribution is -2.34. The van der Waals surface area contributed by atoms with Gasteiger partial charge in [0.05, 0.1) is 5.69 Å². The summed E-state index contributed by atoms with van der Waals surface area (Å²) in [5.41, 5.74) is 1.34. The molecule has 0 fully saturated rings. The van der Waals surface area contributed by atoms with E-state index in [4.69, 9.17) is 11.6 Å². The summed E-state index contributed by atoms with van der Waals surface area (Å²) in [4.78, 5) is 0. The molecule has 2 N–H and O–H groups in total. The highest BCUT2D eigenvalue weighted by molar-refractivity contribution is 7.90. The molecule has 0 saturated carbocycles. The van der Waals surface area contributed by atoms with Gasteiger partial charge in [0.2, 0.25) is 0 Å². The zero-order valence-corrected chi connectivity index (χ0v) is 13.0. The summed E-state index contributed by atoms with van der Waals surface area (Å²) in [7, 11) is -0.147. The fraction of sp³-hybridized carbons (Fsp3) is 0.500. The van der Waals surface area contributed by atoms with E-state index < -0.39 is 10.2 Å². The van der Waals surface area contributed by atoms with Crippen molar-refractivity contribution in [3.8, 4) is 0 Å². The highest BCUT2D eigenvalue weighted by Crippen LogP contribution is 2.21. The molecule has 0 aromatic heterocycles. The van der Waals surface area contributed by atoms with Gasteiger partial charge in [0.25, 0.3) is 0 Å². The monoisotopic (exact) mass is 305 g/mol. The first-order valence-electron chi connectivity index (χ1n) is 6.01. The van der Waals surface area contributed by atoms with Gasteiger partial charge in [-0.2, -0.15) is 12.7 Å². The maximum Gasteiger partial charge on any atom is 0.301 e. The standard InChI is InChI=1S/C12H20ClN3O2S/c1-10-5-6-11(13)9-12(10)15-19(17,18)16(3)8-4-7-14-2/h5-6,9,14-15H,4,7-8H2,1-3H3. The number of benzene rings is 1. The Morgan fingerprint density at radius 2 is 2.05 bits per heavy atom. The maximum absolute atomic E-state index is 12.1. The molecule has 7 heteroatoms. The third-order valence-corrected chi connectivity index (χ3v) is 4.46. The average Bonchev–Trinajstić information content (AvgIpc) is 2.33. The second-order valence-electron chi connectivity index (χ2n) is 4.34. The summed E-state index contributed by atoms with van der Waals surface area (Å²) < 4.78 is 28.1. The van der Waals surface area contributed by atoms with Gasteiger partial charge in [-0.1, -0.05) is 17.7 Å². The number of hydrogen-bond donors (Lipinski definition) is 2. The minimum atomic E-state index is -3.54. The molecule has 0 aliphatic heterocycles. The van der Waals surface area contributed by atoms with Gasteiger partial charge >= 0.3 is 10.2 Å². The van der Waals surface area contributed by atoms with Crippen LogP contribution in [0.1, 0.15) is 12.0 Å². The van der Waals surface area contributed by atoms with E-state index in [2.05, 4.69) is 10.0 Å². The van der Waals surface area contributed by atoms with Crippen LogP contribution < -0.4 is 10.0 Å². The van der Waals surface area contributed by atoms with Gasteiger partial charge in [-0.15, -0.1) is 0 Å². The number of anilines is 1. The van der Waals surface area contributed by atoms with Crippen molar-refractivity contribution in [2.45, 2.75) is 13.3 Å². The first-order chi connectivity index (χ1) is 8.86. The number of halogens is 1. The Labute approximate surface area is 120 Å². The lowest BCUT2D eigenvalue weighted by molar-refractivity contribution is 0.462. The van der Waals surface area contributed by atoms with E-state index >= 15 is 0 Å². The zero-order valence-electron chi connectivity index (χ0n) is 11.4. The Morgan fingerprint density at radius 1 is 1.37 bits per heavy atom. The molecule has 0 saturated heterocycles. The predicted molar refractivity (Wildman–Crippen MR) is 79.9 cm³/mol. The van der Waals surface area contributed by atoms with Crippen molar-refractivity contribution < 1.29 is 8.42 Å². The third-order valence-electron chi connectivity index (χ3n) is 2.75. The van der Waals surface area contributed by atoms with E-state index in [1.807, 2.05) is 14.0 Å². The van der Waals surface area contributed by atoms with E-state index in [0.717, 1.165) is 18.5 Å². The molecule has 0 aliphatic rings. The molecule has 0 heterocycles. The normalized spacial score (nSPS) is 11.8. The molecule has 0 unspecified atom stereocenters. The Hall–Kier alpha value is -0.820. The minimum absolute atomic E-state index is 0.454. The molecule has 0 amide bonds. The quantitative estimate of drug-likeness (QED) is 0.756. The fourth-order valence-electron chi connectivity index (χ4n) is 1.52. The van der Waals surface area contributed by atoms with Crippen molar-refractivity contribution in [1.29, 1.82) is 0 Å². The van der Waals surface area contributed by atoms with Gasteiger partial charge in [0, 0.05) is 18.6 Å². The Kier molecular flexibility index (Phi) is 6.06. The van der Waals surface area contributed by atoms with Crippen molar-refractivity contribution in [3.63, 3.8) is 0 Å². The van der Waals surface area contributed by atoms with Crippen LogP contribution in [0.25, 0.3) is 0 Å². The third kappa shape index (κ3) is 4.99. The van der Waals surface area contributed by atoms with Crippen molar-refractivity contribution in [3.05, 3.63) is 28.8 Å². The molecule has 1 rings (SSSR count). The lowest BCUT2D eigenvalue weighted by Gasteiger charge is -2.19. The molecular weight excluding hydrogens is 286 g/mol. The van der Waals surface area contributed by atoms with E-state index in [1.54, 1.807) is 25.2 Å². The number of hydrogen-bond acceptors (Lipinski definition) is 3. The van der Waals surface area contributed by atoms with Crippen molar-refractivity contribution in [2.75, 3.05) is 31.9 Å². The molecule has 19 heavy (non-hydrogen) atoms. The van der Waals surface area contributed by atoms with E-state index in [0.29, 0.717) is 17.3 Å². The van der Waals surface area contributed by atoms with Crippen LogP contribution in [0.3, 0.4) is 0 Å². The van der Waals surface area contributed by atoms with E-state index in [-0.39, 0.29) is 0 Å². The molecule has 1 aromatic carbocycles. The molecule has 0 aliphatic carbocycles.